The standard InChI is InChI=1S/C14H18N6/c1-4-10-12-13(19(3)18-10)20(14(15)17-12)8-11-9(2)6-5-7-16-11/h5-7H,4,8H2,1-3H3,(H2,15,17). The number of hydrogen-bond acceptors (Lipinski definition) is 4. The van der Waals surface area contributed by atoms with Crippen LogP contribution < -0.4 is 5.73 Å². The Bertz CT molecular complexity index is 767. The second kappa shape index (κ2) is 4.63. The van der Waals surface area contributed by atoms with Crippen molar-refractivity contribution in [1.82, 2.24) is 24.3 Å². The lowest BCUT2D eigenvalue weighted by atomic mass is 10.2. The normalized spacial score (nSPS) is 11.3. The lowest BCUT2D eigenvalue weighted by Gasteiger charge is -2.08. The number of nitrogens with zero attached hydrogens (tertiary/aromatic N) is 5. The first-order valence-electron chi connectivity index (χ1n) is 6.70. The topological polar surface area (TPSA) is 74.6 Å². The van der Waals surface area contributed by atoms with Gasteiger partial charge in [-0.3, -0.25) is 14.2 Å². The number of rotatable bonds is 3. The minimum Gasteiger partial charge on any atom is -0.369 e. The van der Waals surface area contributed by atoms with E-state index in [-0.39, 0.29) is 0 Å². The Hall–Kier alpha value is -2.37. The largest absolute Gasteiger partial charge is 0.369 e. The van der Waals surface area contributed by atoms with Gasteiger partial charge in [-0.2, -0.15) is 5.10 Å². The van der Waals surface area contributed by atoms with E-state index in [1.807, 2.05) is 35.4 Å². The van der Waals surface area contributed by atoms with Crippen molar-refractivity contribution in [2.75, 3.05) is 5.73 Å². The maximum atomic E-state index is 6.07. The lowest BCUT2D eigenvalue weighted by molar-refractivity contribution is 0.711. The highest BCUT2D eigenvalue weighted by Crippen LogP contribution is 2.22. The Kier molecular flexibility index (Phi) is 2.93. The average molecular weight is 270 g/mol. The molecule has 0 fully saturated rings. The minimum atomic E-state index is 0.507. The predicted octanol–water partition coefficient (Wildman–Crippen LogP) is 1.67. The highest BCUT2D eigenvalue weighted by molar-refractivity contribution is 5.77. The first-order chi connectivity index (χ1) is 9.61. The zero-order chi connectivity index (χ0) is 14.3. The molecule has 0 amide bonds. The lowest BCUT2D eigenvalue weighted by Crippen LogP contribution is -2.10. The monoisotopic (exact) mass is 270 g/mol. The molecule has 3 rings (SSSR count). The number of nitrogen functional groups attached to an aromatic ring is 1. The smallest absolute Gasteiger partial charge is 0.202 e. The Morgan fingerprint density at radius 2 is 2.10 bits per heavy atom. The third kappa shape index (κ3) is 1.84. The highest BCUT2D eigenvalue weighted by Gasteiger charge is 2.17. The van der Waals surface area contributed by atoms with Crippen molar-refractivity contribution in [3.63, 3.8) is 0 Å². The van der Waals surface area contributed by atoms with Crippen LogP contribution in [0.1, 0.15) is 23.9 Å². The molecule has 0 aliphatic heterocycles. The maximum absolute atomic E-state index is 6.07. The van der Waals surface area contributed by atoms with E-state index in [2.05, 4.69) is 22.0 Å². The van der Waals surface area contributed by atoms with E-state index in [1.165, 1.54) is 0 Å². The predicted molar refractivity (Wildman–Crippen MR) is 78.4 cm³/mol. The first kappa shape index (κ1) is 12.7. The van der Waals surface area contributed by atoms with Gasteiger partial charge in [0.15, 0.2) is 5.65 Å². The molecule has 3 aromatic rings. The number of nitrogens with two attached hydrogens (primary N) is 1. The molecule has 0 aromatic carbocycles. The Morgan fingerprint density at radius 3 is 2.80 bits per heavy atom. The van der Waals surface area contributed by atoms with Crippen molar-refractivity contribution < 1.29 is 0 Å². The Morgan fingerprint density at radius 1 is 1.30 bits per heavy atom. The molecule has 3 heterocycles. The van der Waals surface area contributed by atoms with Crippen molar-refractivity contribution in [2.45, 2.75) is 26.8 Å². The van der Waals surface area contributed by atoms with Gasteiger partial charge in [-0.05, 0) is 25.0 Å². The number of aryl methyl sites for hydroxylation is 3. The molecule has 0 unspecified atom stereocenters. The summed E-state index contributed by atoms with van der Waals surface area (Å²) in [6.07, 6.45) is 2.64. The Balaban J connectivity index is 2.14. The summed E-state index contributed by atoms with van der Waals surface area (Å²) in [6.45, 7) is 4.73. The SMILES string of the molecule is CCc1nn(C)c2c1nc(N)n2Cc1ncccc1C. The van der Waals surface area contributed by atoms with Crippen LogP contribution in [0.3, 0.4) is 0 Å². The fourth-order valence-electron chi connectivity index (χ4n) is 2.49. The summed E-state index contributed by atoms with van der Waals surface area (Å²) in [4.78, 5) is 8.88. The van der Waals surface area contributed by atoms with Gasteiger partial charge in [-0.1, -0.05) is 13.0 Å². The summed E-state index contributed by atoms with van der Waals surface area (Å²) in [6, 6.07) is 3.98. The molecule has 0 bridgehead atoms. The van der Waals surface area contributed by atoms with E-state index in [0.717, 1.165) is 34.5 Å². The molecule has 0 radical (unpaired) electrons. The van der Waals surface area contributed by atoms with Crippen molar-refractivity contribution in [3.8, 4) is 0 Å². The van der Waals surface area contributed by atoms with Gasteiger partial charge in [-0.15, -0.1) is 0 Å². The molecular weight excluding hydrogens is 252 g/mol. The number of anilines is 1. The number of hydrogen-bond donors (Lipinski definition) is 1. The van der Waals surface area contributed by atoms with Gasteiger partial charge in [0.25, 0.3) is 0 Å². The number of fused-ring (bicyclic) bond motifs is 1. The molecule has 20 heavy (non-hydrogen) atoms. The van der Waals surface area contributed by atoms with E-state index < -0.39 is 0 Å². The van der Waals surface area contributed by atoms with Crippen LogP contribution in [0.25, 0.3) is 11.2 Å². The number of aromatic nitrogens is 5. The first-order valence-corrected chi connectivity index (χ1v) is 6.70. The molecule has 2 N–H and O–H groups in total. The third-order valence-corrected chi connectivity index (χ3v) is 3.58. The highest BCUT2D eigenvalue weighted by atomic mass is 15.3. The number of pyridine rings is 1. The Labute approximate surface area is 117 Å². The molecule has 0 aliphatic carbocycles. The molecule has 0 saturated heterocycles. The van der Waals surface area contributed by atoms with E-state index in [9.17, 15) is 0 Å². The van der Waals surface area contributed by atoms with Crippen molar-refractivity contribution in [3.05, 3.63) is 35.3 Å². The second-order valence-electron chi connectivity index (χ2n) is 4.92. The summed E-state index contributed by atoms with van der Waals surface area (Å²) in [7, 11) is 1.92. The molecule has 0 spiro atoms. The summed E-state index contributed by atoms with van der Waals surface area (Å²) in [5.41, 5.74) is 11.0. The number of imidazole rings is 1. The van der Waals surface area contributed by atoms with Crippen LogP contribution in [0.15, 0.2) is 18.3 Å². The van der Waals surface area contributed by atoms with Crippen LogP contribution in [0.4, 0.5) is 5.95 Å². The van der Waals surface area contributed by atoms with Crippen LogP contribution in [0, 0.1) is 6.92 Å². The zero-order valence-corrected chi connectivity index (χ0v) is 12.0. The van der Waals surface area contributed by atoms with E-state index in [0.29, 0.717) is 12.5 Å². The van der Waals surface area contributed by atoms with Gasteiger partial charge in [0.1, 0.15) is 5.52 Å². The van der Waals surface area contributed by atoms with Gasteiger partial charge in [0.05, 0.1) is 17.9 Å². The molecule has 0 saturated carbocycles. The van der Waals surface area contributed by atoms with Gasteiger partial charge in [-0.25, -0.2) is 4.98 Å². The van der Waals surface area contributed by atoms with Gasteiger partial charge in [0.2, 0.25) is 5.95 Å². The molecule has 6 heteroatoms. The van der Waals surface area contributed by atoms with Crippen LogP contribution in [-0.4, -0.2) is 24.3 Å². The van der Waals surface area contributed by atoms with Crippen LogP contribution in [0.5, 0.6) is 0 Å². The quantitative estimate of drug-likeness (QED) is 0.785. The summed E-state index contributed by atoms with van der Waals surface area (Å²) < 4.78 is 3.81. The van der Waals surface area contributed by atoms with Crippen LogP contribution in [-0.2, 0) is 20.0 Å². The second-order valence-corrected chi connectivity index (χ2v) is 4.92. The van der Waals surface area contributed by atoms with Gasteiger partial charge in [0, 0.05) is 13.2 Å². The van der Waals surface area contributed by atoms with Crippen LogP contribution in [0.2, 0.25) is 0 Å². The fraction of sp³-hybridized carbons (Fsp3) is 0.357. The van der Waals surface area contributed by atoms with E-state index in [1.54, 1.807) is 6.20 Å². The van der Waals surface area contributed by atoms with Gasteiger partial charge < -0.3 is 5.73 Å². The molecule has 0 atom stereocenters. The van der Waals surface area contributed by atoms with Crippen molar-refractivity contribution in [1.29, 1.82) is 0 Å². The maximum Gasteiger partial charge on any atom is 0.202 e. The van der Waals surface area contributed by atoms with Crippen molar-refractivity contribution >= 4 is 17.1 Å². The average Bonchev–Trinajstić information content (AvgIpc) is 2.91. The summed E-state index contributed by atoms with van der Waals surface area (Å²) in [5, 5.41) is 4.49. The summed E-state index contributed by atoms with van der Waals surface area (Å²) >= 11 is 0. The van der Waals surface area contributed by atoms with Gasteiger partial charge >= 0.3 is 0 Å². The summed E-state index contributed by atoms with van der Waals surface area (Å²) in [5.74, 6) is 0.507. The fourth-order valence-corrected chi connectivity index (χ4v) is 2.49. The van der Waals surface area contributed by atoms with Crippen LogP contribution >= 0.6 is 0 Å². The molecule has 6 nitrogen and oxygen atoms in total. The molecule has 3 aromatic heterocycles. The minimum absolute atomic E-state index is 0.507. The molecular formula is C14H18N6. The van der Waals surface area contributed by atoms with E-state index in [4.69, 9.17) is 5.73 Å². The third-order valence-electron chi connectivity index (χ3n) is 3.58. The molecule has 0 aliphatic rings. The van der Waals surface area contributed by atoms with E-state index >= 15 is 0 Å². The zero-order valence-electron chi connectivity index (χ0n) is 12.0. The van der Waals surface area contributed by atoms with Crippen molar-refractivity contribution in [2.24, 2.45) is 7.05 Å². The molecule has 104 valence electrons.